The van der Waals surface area contributed by atoms with Gasteiger partial charge in [-0.1, -0.05) is 32.9 Å². The van der Waals surface area contributed by atoms with Crippen molar-refractivity contribution in [2.45, 2.75) is 49.7 Å². The molecule has 0 aromatic carbocycles. The standard InChI is InChI=1S/C14H22N2O3S2/c1-9(2)20-14(21-10(3)4)11(5)15-19-8-16-12(17)6-7-13(16)18/h6-7,9-10,14H,8H2,1-5H3/b15-11-. The third kappa shape index (κ3) is 6.13. The lowest BCUT2D eigenvalue weighted by Crippen LogP contribution is -2.31. The molecule has 1 heterocycles. The molecule has 0 radical (unpaired) electrons. The van der Waals surface area contributed by atoms with Gasteiger partial charge in [-0.05, 0) is 6.92 Å². The fourth-order valence-electron chi connectivity index (χ4n) is 1.51. The number of nitrogens with zero attached hydrogens (tertiary/aromatic N) is 2. The first-order valence-electron chi connectivity index (χ1n) is 6.82. The monoisotopic (exact) mass is 330 g/mol. The van der Waals surface area contributed by atoms with Crippen LogP contribution in [0.15, 0.2) is 17.3 Å². The summed E-state index contributed by atoms with van der Waals surface area (Å²) in [6.45, 7) is 10.3. The summed E-state index contributed by atoms with van der Waals surface area (Å²) < 4.78 is 0.202. The molecular weight excluding hydrogens is 308 g/mol. The first-order chi connectivity index (χ1) is 9.81. The predicted octanol–water partition coefficient (Wildman–Crippen LogP) is 2.87. The van der Waals surface area contributed by atoms with E-state index in [-0.39, 0.29) is 23.1 Å². The first kappa shape index (κ1) is 18.1. The third-order valence-corrected chi connectivity index (χ3v) is 5.36. The number of hydrogen-bond donors (Lipinski definition) is 0. The minimum absolute atomic E-state index is 0.145. The first-order valence-corrected chi connectivity index (χ1v) is 8.70. The van der Waals surface area contributed by atoms with Gasteiger partial charge in [-0.25, -0.2) is 4.90 Å². The molecule has 0 saturated carbocycles. The summed E-state index contributed by atoms with van der Waals surface area (Å²) in [7, 11) is 0. The van der Waals surface area contributed by atoms with Gasteiger partial charge in [0, 0.05) is 22.7 Å². The van der Waals surface area contributed by atoms with Crippen LogP contribution in [0.25, 0.3) is 0 Å². The lowest BCUT2D eigenvalue weighted by atomic mass is 10.5. The summed E-state index contributed by atoms with van der Waals surface area (Å²) in [6, 6.07) is 0. The van der Waals surface area contributed by atoms with E-state index < -0.39 is 0 Å². The van der Waals surface area contributed by atoms with Gasteiger partial charge in [0.05, 0.1) is 10.3 Å². The van der Waals surface area contributed by atoms with Crippen LogP contribution in [0, 0.1) is 0 Å². The van der Waals surface area contributed by atoms with E-state index >= 15 is 0 Å². The summed E-state index contributed by atoms with van der Waals surface area (Å²) in [5.41, 5.74) is 0.847. The molecule has 0 aromatic rings. The van der Waals surface area contributed by atoms with Crippen LogP contribution in [0.5, 0.6) is 0 Å². The smallest absolute Gasteiger partial charge is 0.256 e. The van der Waals surface area contributed by atoms with Crippen molar-refractivity contribution in [3.8, 4) is 0 Å². The number of oxime groups is 1. The normalized spacial score (nSPS) is 16.0. The topological polar surface area (TPSA) is 59.0 Å². The molecule has 0 N–H and O–H groups in total. The van der Waals surface area contributed by atoms with Gasteiger partial charge in [0.15, 0.2) is 6.73 Å². The Balaban J connectivity index is 2.55. The van der Waals surface area contributed by atoms with E-state index in [2.05, 4.69) is 32.9 Å². The molecule has 1 aliphatic heterocycles. The zero-order valence-corrected chi connectivity index (χ0v) is 14.7. The second-order valence-electron chi connectivity index (χ2n) is 5.13. The summed E-state index contributed by atoms with van der Waals surface area (Å²) in [5, 5.41) is 5.03. The van der Waals surface area contributed by atoms with Gasteiger partial charge >= 0.3 is 0 Å². The van der Waals surface area contributed by atoms with Gasteiger partial charge in [0.2, 0.25) is 0 Å². The molecule has 1 rings (SSSR count). The molecule has 0 unspecified atom stereocenters. The molecule has 21 heavy (non-hydrogen) atoms. The van der Waals surface area contributed by atoms with Crippen molar-refractivity contribution in [3.05, 3.63) is 12.2 Å². The summed E-state index contributed by atoms with van der Waals surface area (Å²) in [6.07, 6.45) is 2.46. The zero-order valence-electron chi connectivity index (χ0n) is 13.0. The van der Waals surface area contributed by atoms with Gasteiger partial charge < -0.3 is 4.84 Å². The number of imide groups is 1. The van der Waals surface area contributed by atoms with Crippen LogP contribution >= 0.6 is 23.5 Å². The molecule has 7 heteroatoms. The Bertz CT molecular complexity index is 420. The summed E-state index contributed by atoms with van der Waals surface area (Å²) in [5.74, 6) is -0.727. The van der Waals surface area contributed by atoms with E-state index in [0.29, 0.717) is 10.5 Å². The lowest BCUT2D eigenvalue weighted by molar-refractivity contribution is -0.142. The molecule has 0 aromatic heterocycles. The fraction of sp³-hybridized carbons (Fsp3) is 0.643. The Kier molecular flexibility index (Phi) is 7.31. The highest BCUT2D eigenvalue weighted by Gasteiger charge is 2.24. The average Bonchev–Trinajstić information content (AvgIpc) is 2.68. The van der Waals surface area contributed by atoms with Crippen LogP contribution in [0.2, 0.25) is 0 Å². The Hall–Kier alpha value is -0.950. The van der Waals surface area contributed by atoms with Gasteiger partial charge in [-0.3, -0.25) is 9.59 Å². The average molecular weight is 330 g/mol. The van der Waals surface area contributed by atoms with Gasteiger partial charge in [-0.2, -0.15) is 0 Å². The van der Waals surface area contributed by atoms with Crippen molar-refractivity contribution in [2.24, 2.45) is 5.16 Å². The van der Waals surface area contributed by atoms with E-state index in [1.165, 1.54) is 12.2 Å². The molecule has 0 fully saturated rings. The molecular formula is C14H22N2O3S2. The van der Waals surface area contributed by atoms with Crippen LogP contribution in [-0.4, -0.2) is 44.2 Å². The van der Waals surface area contributed by atoms with Crippen LogP contribution in [0.1, 0.15) is 34.6 Å². The fourth-order valence-corrected chi connectivity index (χ4v) is 4.57. The zero-order chi connectivity index (χ0) is 16.0. The van der Waals surface area contributed by atoms with Gasteiger partial charge in [-0.15, -0.1) is 23.5 Å². The van der Waals surface area contributed by atoms with Crippen molar-refractivity contribution in [3.63, 3.8) is 0 Å². The Morgan fingerprint density at radius 2 is 1.62 bits per heavy atom. The quantitative estimate of drug-likeness (QED) is 0.296. The third-order valence-electron chi connectivity index (χ3n) is 2.43. The molecule has 0 atom stereocenters. The van der Waals surface area contributed by atoms with E-state index in [9.17, 15) is 9.59 Å². The summed E-state index contributed by atoms with van der Waals surface area (Å²) >= 11 is 3.62. The van der Waals surface area contributed by atoms with Gasteiger partial charge in [0.1, 0.15) is 0 Å². The molecule has 2 amide bonds. The Labute approximate surface area is 134 Å². The van der Waals surface area contributed by atoms with Crippen molar-refractivity contribution in [1.82, 2.24) is 4.90 Å². The highest BCUT2D eigenvalue weighted by atomic mass is 32.2. The van der Waals surface area contributed by atoms with Crippen molar-refractivity contribution in [1.29, 1.82) is 0 Å². The number of hydrogen-bond acceptors (Lipinski definition) is 6. The van der Waals surface area contributed by atoms with E-state index in [0.717, 1.165) is 10.6 Å². The molecule has 0 spiro atoms. The Morgan fingerprint density at radius 1 is 1.14 bits per heavy atom. The van der Waals surface area contributed by atoms with Crippen LogP contribution in [0.3, 0.4) is 0 Å². The number of thioether (sulfide) groups is 2. The molecule has 118 valence electrons. The maximum Gasteiger partial charge on any atom is 0.256 e. The van der Waals surface area contributed by atoms with E-state index in [1.807, 2.05) is 30.4 Å². The number of carbonyl (C=O) groups is 2. The molecule has 0 aliphatic carbocycles. The summed E-state index contributed by atoms with van der Waals surface area (Å²) in [4.78, 5) is 28.9. The Morgan fingerprint density at radius 3 is 2.05 bits per heavy atom. The van der Waals surface area contributed by atoms with E-state index in [4.69, 9.17) is 4.84 Å². The number of carbonyl (C=O) groups excluding carboxylic acids is 2. The highest BCUT2D eigenvalue weighted by Crippen LogP contribution is 2.31. The second-order valence-corrected chi connectivity index (χ2v) is 8.80. The lowest BCUT2D eigenvalue weighted by Gasteiger charge is -2.20. The maximum absolute atomic E-state index is 11.4. The molecule has 0 saturated heterocycles. The predicted molar refractivity (Wildman–Crippen MR) is 89.3 cm³/mol. The minimum atomic E-state index is -0.363. The number of rotatable bonds is 8. The van der Waals surface area contributed by atoms with Crippen LogP contribution < -0.4 is 0 Å². The molecule has 0 bridgehead atoms. The SMILES string of the molecule is C/C(=N/OCN1C(=O)C=CC1=O)C(SC(C)C)SC(C)C. The largest absolute Gasteiger partial charge is 0.373 e. The maximum atomic E-state index is 11.4. The minimum Gasteiger partial charge on any atom is -0.373 e. The van der Waals surface area contributed by atoms with E-state index in [1.54, 1.807) is 0 Å². The van der Waals surface area contributed by atoms with Crippen molar-refractivity contribution in [2.75, 3.05) is 6.73 Å². The molecule has 1 aliphatic rings. The van der Waals surface area contributed by atoms with Crippen LogP contribution in [-0.2, 0) is 14.4 Å². The highest BCUT2D eigenvalue weighted by molar-refractivity contribution is 8.18. The van der Waals surface area contributed by atoms with Crippen molar-refractivity contribution < 1.29 is 14.4 Å². The van der Waals surface area contributed by atoms with Crippen molar-refractivity contribution >= 4 is 41.0 Å². The van der Waals surface area contributed by atoms with Crippen LogP contribution in [0.4, 0.5) is 0 Å². The van der Waals surface area contributed by atoms with Gasteiger partial charge in [0.25, 0.3) is 11.8 Å². The number of amides is 2. The molecule has 5 nitrogen and oxygen atoms in total. The second kappa shape index (κ2) is 8.48.